The number of aliphatic carboxylic acids is 1. The first-order chi connectivity index (χ1) is 35.7. The number of methoxy groups -OCH3 is 1. The average Bonchev–Trinajstić information content (AvgIpc) is 4.09. The highest BCUT2D eigenvalue weighted by Gasteiger charge is 2.51. The quantitative estimate of drug-likeness (QED) is 0.0647. The van der Waals surface area contributed by atoms with Crippen molar-refractivity contribution in [3.8, 4) is 17.2 Å². The van der Waals surface area contributed by atoms with E-state index in [0.29, 0.717) is 36.9 Å². The molecule has 0 aromatic heterocycles. The third-order valence-corrected chi connectivity index (χ3v) is 14.7. The number of aromatic hydroxyl groups is 2. The van der Waals surface area contributed by atoms with Gasteiger partial charge in [0.15, 0.2) is 17.9 Å². The summed E-state index contributed by atoms with van der Waals surface area (Å²) < 4.78 is 17.6. The van der Waals surface area contributed by atoms with Crippen molar-refractivity contribution in [3.63, 3.8) is 0 Å². The van der Waals surface area contributed by atoms with Crippen molar-refractivity contribution in [2.45, 2.75) is 126 Å². The van der Waals surface area contributed by atoms with Crippen LogP contribution in [0.15, 0.2) is 42.5 Å². The Morgan fingerprint density at radius 2 is 1.48 bits per heavy atom. The number of Topliss-reactive ketones (excluding diaryl/α,β-unsaturated/α-hetero) is 1. The van der Waals surface area contributed by atoms with Crippen LogP contribution in [-0.2, 0) is 62.3 Å². The lowest BCUT2D eigenvalue weighted by molar-refractivity contribution is -0.249. The van der Waals surface area contributed by atoms with E-state index in [9.17, 15) is 68.7 Å². The van der Waals surface area contributed by atoms with Gasteiger partial charge in [0, 0.05) is 49.0 Å². The summed E-state index contributed by atoms with van der Waals surface area (Å²) in [6.45, 7) is 1.70. The van der Waals surface area contributed by atoms with Crippen LogP contribution in [0, 0.1) is 0 Å². The summed E-state index contributed by atoms with van der Waals surface area (Å²) in [7, 11) is 1.28. The fraction of sp³-hybridized carbons (Fsp3) is 0.481. The molecular formula is C52H59N5O18. The molecule has 0 bridgehead atoms. The van der Waals surface area contributed by atoms with Crippen molar-refractivity contribution in [1.29, 1.82) is 0 Å². The first-order valence-corrected chi connectivity index (χ1v) is 24.7. The van der Waals surface area contributed by atoms with Gasteiger partial charge in [0.1, 0.15) is 53.7 Å². The Balaban J connectivity index is 0.897. The number of hydrogen-bond donors (Lipinski definition) is 9. The van der Waals surface area contributed by atoms with E-state index in [0.717, 1.165) is 0 Å². The summed E-state index contributed by atoms with van der Waals surface area (Å²) in [6.07, 6.45) is -5.57. The van der Waals surface area contributed by atoms with Gasteiger partial charge in [0.05, 0.1) is 61.4 Å². The normalized spacial score (nSPS) is 25.3. The number of carbonyl (C=O) groups is 9. The maximum atomic E-state index is 14.1. The summed E-state index contributed by atoms with van der Waals surface area (Å²) >= 11 is 0. The highest BCUT2D eigenvalue weighted by Crippen LogP contribution is 2.52. The van der Waals surface area contributed by atoms with Gasteiger partial charge in [0.25, 0.3) is 0 Å². The number of aliphatic hydroxyl groups excluding tert-OH is 2. The number of ketones is 3. The van der Waals surface area contributed by atoms with E-state index in [1.807, 2.05) is 0 Å². The van der Waals surface area contributed by atoms with Crippen LogP contribution in [0.3, 0.4) is 0 Å². The first-order valence-electron chi connectivity index (χ1n) is 24.7. The van der Waals surface area contributed by atoms with Gasteiger partial charge in [-0.05, 0) is 56.7 Å². The van der Waals surface area contributed by atoms with Gasteiger partial charge in [-0.3, -0.25) is 43.2 Å². The van der Waals surface area contributed by atoms with Crippen LogP contribution in [0.1, 0.15) is 113 Å². The third-order valence-electron chi connectivity index (χ3n) is 14.7. The van der Waals surface area contributed by atoms with Crippen LogP contribution in [0.25, 0.3) is 0 Å². The van der Waals surface area contributed by atoms with Crippen LogP contribution in [0.2, 0.25) is 0 Å². The summed E-state index contributed by atoms with van der Waals surface area (Å²) in [6, 6.07) is 6.70. The molecule has 3 fully saturated rings. The Morgan fingerprint density at radius 1 is 0.853 bits per heavy atom. The summed E-state index contributed by atoms with van der Waals surface area (Å²) in [5.41, 5.74) is -3.22. The number of rotatable bonds is 16. The molecule has 0 saturated carbocycles. The molecule has 5 amide bonds. The van der Waals surface area contributed by atoms with Crippen LogP contribution >= 0.6 is 0 Å². The molecule has 9 atom stereocenters. The highest BCUT2D eigenvalue weighted by molar-refractivity contribution is 6.31. The second kappa shape index (κ2) is 21.9. The van der Waals surface area contributed by atoms with E-state index < -0.39 is 150 Å². The molecule has 75 heavy (non-hydrogen) atoms. The van der Waals surface area contributed by atoms with Crippen molar-refractivity contribution in [3.05, 3.63) is 87.0 Å². The maximum absolute atomic E-state index is 14.1. The van der Waals surface area contributed by atoms with Gasteiger partial charge in [-0.1, -0.05) is 36.4 Å². The minimum atomic E-state index is -2.42. The predicted molar refractivity (Wildman–Crippen MR) is 257 cm³/mol. The smallest absolute Gasteiger partial charge is 0.307 e. The number of nitrogens with one attached hydrogen (secondary N) is 3. The monoisotopic (exact) mass is 1040 g/mol. The zero-order valence-electron chi connectivity index (χ0n) is 41.3. The van der Waals surface area contributed by atoms with Crippen molar-refractivity contribution < 1.29 is 88.0 Å². The van der Waals surface area contributed by atoms with Crippen molar-refractivity contribution in [2.75, 3.05) is 33.4 Å². The van der Waals surface area contributed by atoms with Gasteiger partial charge in [-0.2, -0.15) is 0 Å². The van der Waals surface area contributed by atoms with Crippen molar-refractivity contribution in [1.82, 2.24) is 25.8 Å². The molecule has 3 aliphatic heterocycles. The number of phenolic OH excluding ortho intramolecular Hbond substituents is 2. The van der Waals surface area contributed by atoms with Crippen molar-refractivity contribution in [2.24, 2.45) is 0 Å². The molecule has 8 rings (SSSR count). The SMILES string of the molecule is COc1cccc2c1C(=O)c1c(O)c3c(c(O)c1C2=O)C[C@@](O)(C(=O)CO)C[C@@H]3OC1CC(NC(=O)[C@@H]2CCCN2C(=O)CNC(=O)[C@H](C)NC(=O)[C@@H]2CCCN2C(=O)Cc2ccc(CC(=O)O)cc2)C(O)C(C)O1. The molecule has 0 radical (unpaired) electrons. The number of amides is 5. The topological polar surface area (TPSA) is 345 Å². The number of carboxylic acid groups (broad SMARTS) is 1. The number of aliphatic hydroxyl groups is 3. The minimum absolute atomic E-state index is 0.0165. The second-order valence-electron chi connectivity index (χ2n) is 19.6. The molecule has 3 aromatic carbocycles. The molecule has 4 unspecified atom stereocenters. The zero-order valence-corrected chi connectivity index (χ0v) is 41.3. The molecule has 0 spiro atoms. The van der Waals surface area contributed by atoms with Crippen LogP contribution in [0.5, 0.6) is 17.2 Å². The number of carboxylic acids is 1. The number of fused-ring (bicyclic) bond motifs is 3. The number of benzene rings is 3. The van der Waals surface area contributed by atoms with Gasteiger partial charge >= 0.3 is 5.97 Å². The van der Waals surface area contributed by atoms with E-state index in [2.05, 4.69) is 16.0 Å². The molecule has 9 N–H and O–H groups in total. The van der Waals surface area contributed by atoms with Gasteiger partial charge in [0.2, 0.25) is 35.3 Å². The molecule has 3 aromatic rings. The molecule has 3 saturated heterocycles. The predicted octanol–water partition coefficient (Wildman–Crippen LogP) is -0.368. The Kier molecular flexibility index (Phi) is 15.7. The number of phenols is 2. The highest BCUT2D eigenvalue weighted by atomic mass is 16.7. The van der Waals surface area contributed by atoms with E-state index >= 15 is 0 Å². The first kappa shape index (κ1) is 54.0. The molecule has 23 nitrogen and oxygen atoms in total. The van der Waals surface area contributed by atoms with E-state index in [1.165, 1.54) is 49.0 Å². The molecule has 400 valence electrons. The number of likely N-dealkylation sites (tertiary alicyclic amines) is 2. The second-order valence-corrected chi connectivity index (χ2v) is 19.6. The van der Waals surface area contributed by atoms with Crippen LogP contribution in [0.4, 0.5) is 0 Å². The molecule has 2 aliphatic carbocycles. The Morgan fingerprint density at radius 3 is 2.12 bits per heavy atom. The Hall–Kier alpha value is -7.31. The molecule has 5 aliphatic rings. The molecule has 3 heterocycles. The van der Waals surface area contributed by atoms with E-state index in [1.54, 1.807) is 24.3 Å². The fourth-order valence-electron chi connectivity index (χ4n) is 10.8. The third kappa shape index (κ3) is 10.7. The average molecular weight is 1040 g/mol. The van der Waals surface area contributed by atoms with Gasteiger partial charge < -0.3 is 70.6 Å². The van der Waals surface area contributed by atoms with Gasteiger partial charge in [-0.15, -0.1) is 0 Å². The standard InChI is InChI=1S/C52H59N5O18/c1-24(54-50(70)31-8-5-15-56(31)36(60)17-26-11-13-27(14-12-26)18-38(62)63)49(69)53-22-37(61)57-16-6-9-32(57)51(71)55-30-19-39(74-25(2)44(30)64)75-34-21-52(72,35(59)23-58)20-29-41(34)48(68)43-42(46(29)66)45(65)28-7-4-10-33(73-3)40(28)47(43)67/h4,7,10-14,24-25,30-32,34,39,44,58,64,66,68,72H,5-6,8-9,15-23H2,1-3H3,(H,53,69)(H,54,70)(H,55,71)(H,62,63)/t24-,25?,30?,31-,32-,34-,39?,44?,52-/m0/s1. The Labute approximate surface area is 429 Å². The zero-order chi connectivity index (χ0) is 54.2. The molecular weight excluding hydrogens is 983 g/mol. The largest absolute Gasteiger partial charge is 0.507 e. The van der Waals surface area contributed by atoms with Crippen molar-refractivity contribution >= 4 is 52.9 Å². The van der Waals surface area contributed by atoms with E-state index in [-0.39, 0.29) is 66.1 Å². The van der Waals surface area contributed by atoms with Gasteiger partial charge in [-0.25, -0.2) is 0 Å². The fourth-order valence-corrected chi connectivity index (χ4v) is 10.8. The number of carbonyl (C=O) groups excluding carboxylic acids is 8. The van der Waals surface area contributed by atoms with E-state index in [4.69, 9.17) is 19.3 Å². The summed E-state index contributed by atoms with van der Waals surface area (Å²) in [5.74, 6) is -8.19. The summed E-state index contributed by atoms with van der Waals surface area (Å²) in [5, 5.41) is 73.3. The number of nitrogens with zero attached hydrogens (tertiary/aromatic N) is 2. The maximum Gasteiger partial charge on any atom is 0.307 e. The van der Waals surface area contributed by atoms with Crippen LogP contribution in [-0.4, -0.2) is 175 Å². The number of hydrogen-bond acceptors (Lipinski definition) is 17. The molecule has 23 heteroatoms. The lowest BCUT2D eigenvalue weighted by Gasteiger charge is -2.43. The lowest BCUT2D eigenvalue weighted by atomic mass is 9.72. The summed E-state index contributed by atoms with van der Waals surface area (Å²) in [4.78, 5) is 122. The Bertz CT molecular complexity index is 2840. The number of ether oxygens (including phenoxy) is 3. The lowest BCUT2D eigenvalue weighted by Crippen LogP contribution is -2.59. The van der Waals surface area contributed by atoms with Crippen LogP contribution < -0.4 is 20.7 Å². The minimum Gasteiger partial charge on any atom is -0.507 e.